The van der Waals surface area contributed by atoms with E-state index in [1.54, 1.807) is 0 Å². The van der Waals surface area contributed by atoms with Crippen molar-refractivity contribution in [3.05, 3.63) is 0 Å². The summed E-state index contributed by atoms with van der Waals surface area (Å²) in [7, 11) is 0. The van der Waals surface area contributed by atoms with Crippen LogP contribution in [0.5, 0.6) is 0 Å². The van der Waals surface area contributed by atoms with E-state index in [1.807, 2.05) is 4.90 Å². The van der Waals surface area contributed by atoms with Crippen molar-refractivity contribution in [2.45, 2.75) is 25.3 Å². The van der Waals surface area contributed by atoms with Crippen LogP contribution in [0.4, 0.5) is 4.79 Å². The molecule has 0 aromatic rings. The molecule has 0 atom stereocenters. The maximum absolute atomic E-state index is 12.4. The number of hydrogen-bond acceptors (Lipinski definition) is 6. The topological polar surface area (TPSA) is 90.4 Å². The number of carbonyl (C=O) groups is 3. The van der Waals surface area contributed by atoms with Crippen LogP contribution in [0.2, 0.25) is 0 Å². The fraction of sp³-hybridized carbons (Fsp3) is 0.812. The first kappa shape index (κ1) is 19.8. The first-order valence-electron chi connectivity index (χ1n) is 8.75. The first-order chi connectivity index (χ1) is 12.2. The fourth-order valence-corrected chi connectivity index (χ4v) is 4.52. The smallest absolute Gasteiger partial charge is 0.410 e. The zero-order chi connectivity index (χ0) is 18.1. The van der Waals surface area contributed by atoms with Gasteiger partial charge in [-0.05, 0) is 30.8 Å². The van der Waals surface area contributed by atoms with E-state index in [0.717, 1.165) is 32.6 Å². The van der Waals surface area contributed by atoms with Crippen molar-refractivity contribution in [3.63, 3.8) is 0 Å². The molecule has 0 bridgehead atoms. The number of carbonyl (C=O) groups excluding carboxylic acids is 2. The number of amides is 2. The van der Waals surface area contributed by atoms with Crippen LogP contribution in [-0.2, 0) is 14.3 Å². The minimum absolute atomic E-state index is 0.0555. The molecule has 0 aromatic carbocycles. The molecule has 3 heterocycles. The van der Waals surface area contributed by atoms with Gasteiger partial charge in [0, 0.05) is 32.2 Å². The standard InChI is InChI=1S/C15H25N3O3S.CH2O2/c19-14(12-18-8-9-21-15(18)20)17-5-1-4-16(6-7-17)13-2-10-22-11-3-13;2-1-3/h13H,1-12H2;1H,(H,2,3). The third-order valence-corrected chi connectivity index (χ3v) is 5.81. The van der Waals surface area contributed by atoms with Crippen LogP contribution < -0.4 is 0 Å². The van der Waals surface area contributed by atoms with Gasteiger partial charge in [0.2, 0.25) is 5.91 Å². The molecule has 3 aliphatic heterocycles. The Hall–Kier alpha value is -1.48. The Morgan fingerprint density at radius 1 is 1.20 bits per heavy atom. The summed E-state index contributed by atoms with van der Waals surface area (Å²) >= 11 is 2.05. The number of carboxylic acid groups (broad SMARTS) is 1. The summed E-state index contributed by atoms with van der Waals surface area (Å²) in [4.78, 5) is 38.2. The predicted molar refractivity (Wildman–Crippen MR) is 94.7 cm³/mol. The molecule has 0 aliphatic carbocycles. The molecule has 0 aromatic heterocycles. The molecule has 2 amide bonds. The molecule has 3 aliphatic rings. The van der Waals surface area contributed by atoms with Gasteiger partial charge in [-0.15, -0.1) is 0 Å². The van der Waals surface area contributed by atoms with Crippen LogP contribution in [0, 0.1) is 0 Å². The second-order valence-corrected chi connectivity index (χ2v) is 7.48. The van der Waals surface area contributed by atoms with Gasteiger partial charge in [-0.3, -0.25) is 19.4 Å². The second kappa shape index (κ2) is 10.5. The first-order valence-corrected chi connectivity index (χ1v) is 9.90. The monoisotopic (exact) mass is 373 g/mol. The number of ether oxygens (including phenoxy) is 1. The Bertz CT molecular complexity index is 459. The summed E-state index contributed by atoms with van der Waals surface area (Å²) in [5, 5.41) is 6.89. The summed E-state index contributed by atoms with van der Waals surface area (Å²) in [5.41, 5.74) is 0. The SMILES string of the molecule is O=C(CN1CCOC1=O)N1CCCN(C2CCSCC2)CC1.O=CO. The van der Waals surface area contributed by atoms with Crippen molar-refractivity contribution in [2.24, 2.45) is 0 Å². The average Bonchev–Trinajstić information content (AvgIpc) is 2.88. The minimum Gasteiger partial charge on any atom is -0.483 e. The van der Waals surface area contributed by atoms with Crippen LogP contribution in [-0.4, -0.2) is 102 Å². The van der Waals surface area contributed by atoms with Crippen LogP contribution in [0.1, 0.15) is 19.3 Å². The lowest BCUT2D eigenvalue weighted by Crippen LogP contribution is -2.44. The van der Waals surface area contributed by atoms with E-state index >= 15 is 0 Å². The number of nitrogens with zero attached hydrogens (tertiary/aromatic N) is 3. The van der Waals surface area contributed by atoms with Crippen LogP contribution in [0.15, 0.2) is 0 Å². The summed E-state index contributed by atoms with van der Waals surface area (Å²) in [6, 6.07) is 0.699. The maximum Gasteiger partial charge on any atom is 0.410 e. The molecule has 1 N–H and O–H groups in total. The van der Waals surface area contributed by atoms with Crippen molar-refractivity contribution in [1.82, 2.24) is 14.7 Å². The lowest BCUT2D eigenvalue weighted by molar-refractivity contribution is -0.131. The Morgan fingerprint density at radius 3 is 2.56 bits per heavy atom. The predicted octanol–water partition coefficient (Wildman–Crippen LogP) is 0.569. The Morgan fingerprint density at radius 2 is 1.92 bits per heavy atom. The molecule has 3 rings (SSSR count). The van der Waals surface area contributed by atoms with E-state index < -0.39 is 0 Å². The van der Waals surface area contributed by atoms with Gasteiger partial charge in [-0.2, -0.15) is 11.8 Å². The number of rotatable bonds is 3. The van der Waals surface area contributed by atoms with Crippen molar-refractivity contribution < 1.29 is 24.2 Å². The molecule has 0 saturated carbocycles. The highest BCUT2D eigenvalue weighted by molar-refractivity contribution is 7.99. The summed E-state index contributed by atoms with van der Waals surface area (Å²) in [6.07, 6.45) is 3.22. The molecule has 9 heteroatoms. The van der Waals surface area contributed by atoms with Crippen LogP contribution in [0.25, 0.3) is 0 Å². The summed E-state index contributed by atoms with van der Waals surface area (Å²) in [5.74, 6) is 2.58. The second-order valence-electron chi connectivity index (χ2n) is 6.26. The molecule has 8 nitrogen and oxygen atoms in total. The highest BCUT2D eigenvalue weighted by Gasteiger charge is 2.29. The molecular weight excluding hydrogens is 346 g/mol. The minimum atomic E-state index is -0.357. The van der Waals surface area contributed by atoms with Gasteiger partial charge in [0.15, 0.2) is 0 Å². The van der Waals surface area contributed by atoms with Crippen LogP contribution in [0.3, 0.4) is 0 Å². The zero-order valence-corrected chi connectivity index (χ0v) is 15.3. The quantitative estimate of drug-likeness (QED) is 0.723. The van der Waals surface area contributed by atoms with Gasteiger partial charge >= 0.3 is 6.09 Å². The lowest BCUT2D eigenvalue weighted by atomic mass is 10.1. The summed E-state index contributed by atoms with van der Waals surface area (Å²) in [6.45, 7) is 4.49. The normalized spacial score (nSPS) is 22.6. The van der Waals surface area contributed by atoms with E-state index in [9.17, 15) is 9.59 Å². The van der Waals surface area contributed by atoms with Crippen molar-refractivity contribution >= 4 is 30.2 Å². The molecule has 0 spiro atoms. The zero-order valence-electron chi connectivity index (χ0n) is 14.5. The van der Waals surface area contributed by atoms with E-state index in [4.69, 9.17) is 14.6 Å². The van der Waals surface area contributed by atoms with Gasteiger partial charge < -0.3 is 14.7 Å². The van der Waals surface area contributed by atoms with Gasteiger partial charge in [0.25, 0.3) is 6.47 Å². The van der Waals surface area contributed by atoms with Gasteiger partial charge in [0.1, 0.15) is 13.2 Å². The molecule has 0 radical (unpaired) electrons. The lowest BCUT2D eigenvalue weighted by Gasteiger charge is -2.33. The molecular formula is C16H27N3O5S. The fourth-order valence-electron chi connectivity index (χ4n) is 3.43. The highest BCUT2D eigenvalue weighted by atomic mass is 32.2. The van der Waals surface area contributed by atoms with E-state index in [2.05, 4.69) is 16.7 Å². The number of hydrogen-bond donors (Lipinski definition) is 1. The van der Waals surface area contributed by atoms with Crippen molar-refractivity contribution in [1.29, 1.82) is 0 Å². The van der Waals surface area contributed by atoms with Crippen molar-refractivity contribution in [2.75, 3.05) is 57.4 Å². The molecule has 3 saturated heterocycles. The largest absolute Gasteiger partial charge is 0.483 e. The molecule has 0 unspecified atom stereocenters. The third-order valence-electron chi connectivity index (χ3n) is 4.76. The Labute approximate surface area is 152 Å². The number of cyclic esters (lactones) is 1. The van der Waals surface area contributed by atoms with Gasteiger partial charge in [-0.25, -0.2) is 4.79 Å². The Balaban J connectivity index is 0.000000701. The molecule has 142 valence electrons. The van der Waals surface area contributed by atoms with Gasteiger partial charge in [0.05, 0.1) is 6.54 Å². The van der Waals surface area contributed by atoms with Crippen molar-refractivity contribution in [3.8, 4) is 0 Å². The summed E-state index contributed by atoms with van der Waals surface area (Å²) < 4.78 is 4.88. The van der Waals surface area contributed by atoms with E-state index in [0.29, 0.717) is 19.2 Å². The highest BCUT2D eigenvalue weighted by Crippen LogP contribution is 2.22. The molecule has 3 fully saturated rings. The Kier molecular flexibility index (Phi) is 8.33. The van der Waals surface area contributed by atoms with E-state index in [1.165, 1.54) is 29.2 Å². The third kappa shape index (κ3) is 6.07. The number of thioether (sulfide) groups is 1. The van der Waals surface area contributed by atoms with Crippen LogP contribution >= 0.6 is 11.8 Å². The molecule has 25 heavy (non-hydrogen) atoms. The average molecular weight is 373 g/mol. The maximum atomic E-state index is 12.4. The van der Waals surface area contributed by atoms with Gasteiger partial charge in [-0.1, -0.05) is 0 Å². The van der Waals surface area contributed by atoms with E-state index in [-0.39, 0.29) is 25.0 Å².